The lowest BCUT2D eigenvalue weighted by Gasteiger charge is -2.06. The van der Waals surface area contributed by atoms with Crippen molar-refractivity contribution in [1.29, 1.82) is 0 Å². The first-order valence-corrected chi connectivity index (χ1v) is 4.98. The van der Waals surface area contributed by atoms with Crippen molar-refractivity contribution >= 4 is 15.9 Å². The van der Waals surface area contributed by atoms with Crippen LogP contribution < -0.4 is 0 Å². The minimum Gasteiger partial charge on any atom is -0.0836 e. The standard InChI is InChI=1S/C10H11Br/c11-10(9-6-7-9)8-4-2-1-3-5-8/h1-5,9-10H,6-7H2. The van der Waals surface area contributed by atoms with E-state index in [9.17, 15) is 0 Å². The Bertz CT molecular complexity index is 226. The fourth-order valence-corrected chi connectivity index (χ4v) is 2.13. The van der Waals surface area contributed by atoms with E-state index in [1.54, 1.807) is 0 Å². The van der Waals surface area contributed by atoms with E-state index in [-0.39, 0.29) is 0 Å². The molecule has 1 fully saturated rings. The van der Waals surface area contributed by atoms with Gasteiger partial charge >= 0.3 is 0 Å². The van der Waals surface area contributed by atoms with Gasteiger partial charge in [-0.2, -0.15) is 0 Å². The van der Waals surface area contributed by atoms with Gasteiger partial charge in [0.2, 0.25) is 0 Å². The Morgan fingerprint density at radius 2 is 1.82 bits per heavy atom. The van der Waals surface area contributed by atoms with Gasteiger partial charge in [-0.3, -0.25) is 0 Å². The molecule has 1 aromatic rings. The Morgan fingerprint density at radius 1 is 1.18 bits per heavy atom. The number of hydrogen-bond donors (Lipinski definition) is 0. The third kappa shape index (κ3) is 1.64. The Hall–Kier alpha value is -0.300. The molecule has 0 heterocycles. The minimum absolute atomic E-state index is 0.601. The largest absolute Gasteiger partial charge is 0.0836 e. The highest BCUT2D eigenvalue weighted by molar-refractivity contribution is 9.09. The van der Waals surface area contributed by atoms with Crippen LogP contribution in [0.15, 0.2) is 30.3 Å². The summed E-state index contributed by atoms with van der Waals surface area (Å²) < 4.78 is 0. The summed E-state index contributed by atoms with van der Waals surface area (Å²) in [5.41, 5.74) is 1.43. The number of hydrogen-bond acceptors (Lipinski definition) is 0. The molecule has 1 aliphatic carbocycles. The van der Waals surface area contributed by atoms with Crippen molar-refractivity contribution in [3.63, 3.8) is 0 Å². The van der Waals surface area contributed by atoms with E-state index in [1.165, 1.54) is 18.4 Å². The molecule has 1 aromatic carbocycles. The normalized spacial score (nSPS) is 19.7. The van der Waals surface area contributed by atoms with Gasteiger partial charge in [0.15, 0.2) is 0 Å². The van der Waals surface area contributed by atoms with Crippen LogP contribution in [0.2, 0.25) is 0 Å². The van der Waals surface area contributed by atoms with Crippen molar-refractivity contribution in [2.45, 2.75) is 17.7 Å². The van der Waals surface area contributed by atoms with Crippen LogP contribution in [-0.2, 0) is 0 Å². The van der Waals surface area contributed by atoms with E-state index >= 15 is 0 Å². The molecule has 0 bridgehead atoms. The predicted molar refractivity (Wildman–Crippen MR) is 50.8 cm³/mol. The lowest BCUT2D eigenvalue weighted by atomic mass is 10.1. The van der Waals surface area contributed by atoms with E-state index in [1.807, 2.05) is 0 Å². The molecule has 1 atom stereocenters. The monoisotopic (exact) mass is 210 g/mol. The van der Waals surface area contributed by atoms with Gasteiger partial charge in [0.1, 0.15) is 0 Å². The lowest BCUT2D eigenvalue weighted by molar-refractivity contribution is 0.823. The van der Waals surface area contributed by atoms with Crippen molar-refractivity contribution in [1.82, 2.24) is 0 Å². The minimum atomic E-state index is 0.601. The van der Waals surface area contributed by atoms with E-state index in [4.69, 9.17) is 0 Å². The van der Waals surface area contributed by atoms with Gasteiger partial charge in [0.05, 0.1) is 0 Å². The van der Waals surface area contributed by atoms with Crippen molar-refractivity contribution in [2.75, 3.05) is 0 Å². The third-order valence-electron chi connectivity index (χ3n) is 2.15. The molecule has 0 aliphatic heterocycles. The van der Waals surface area contributed by atoms with E-state index < -0.39 is 0 Å². The molecule has 0 N–H and O–H groups in total. The summed E-state index contributed by atoms with van der Waals surface area (Å²) in [6.45, 7) is 0. The SMILES string of the molecule is BrC(c1ccccc1)C1CC1. The molecule has 2 rings (SSSR count). The first-order chi connectivity index (χ1) is 5.38. The number of alkyl halides is 1. The zero-order valence-electron chi connectivity index (χ0n) is 6.33. The second-order valence-corrected chi connectivity index (χ2v) is 4.14. The number of halogens is 1. The van der Waals surface area contributed by atoms with Gasteiger partial charge in [-0.1, -0.05) is 46.3 Å². The molecule has 0 saturated heterocycles. The Labute approximate surface area is 75.8 Å². The van der Waals surface area contributed by atoms with Crippen LogP contribution in [0.25, 0.3) is 0 Å². The molecule has 0 nitrogen and oxygen atoms in total. The van der Waals surface area contributed by atoms with Crippen LogP contribution in [-0.4, -0.2) is 0 Å². The Kier molecular flexibility index (Phi) is 1.99. The smallest absolute Gasteiger partial charge is 0.0423 e. The first kappa shape index (κ1) is 7.35. The molecule has 1 heteroatoms. The molecule has 0 aromatic heterocycles. The Balaban J connectivity index is 2.15. The molecule has 58 valence electrons. The predicted octanol–water partition coefficient (Wildman–Crippen LogP) is 3.53. The second kappa shape index (κ2) is 2.98. The van der Waals surface area contributed by atoms with Gasteiger partial charge in [0, 0.05) is 4.83 Å². The van der Waals surface area contributed by atoms with Crippen molar-refractivity contribution in [2.24, 2.45) is 5.92 Å². The number of rotatable bonds is 2. The van der Waals surface area contributed by atoms with Crippen molar-refractivity contribution < 1.29 is 0 Å². The molecule has 0 radical (unpaired) electrons. The van der Waals surface area contributed by atoms with Crippen LogP contribution in [0.4, 0.5) is 0 Å². The van der Waals surface area contributed by atoms with E-state index in [2.05, 4.69) is 46.3 Å². The lowest BCUT2D eigenvalue weighted by Crippen LogP contribution is -1.89. The first-order valence-electron chi connectivity index (χ1n) is 4.07. The van der Waals surface area contributed by atoms with Crippen LogP contribution >= 0.6 is 15.9 Å². The summed E-state index contributed by atoms with van der Waals surface area (Å²) in [5.74, 6) is 0.900. The van der Waals surface area contributed by atoms with Gasteiger partial charge in [0.25, 0.3) is 0 Å². The summed E-state index contributed by atoms with van der Waals surface area (Å²) in [6, 6.07) is 10.7. The molecule has 0 amide bonds. The Morgan fingerprint density at radius 3 is 2.36 bits per heavy atom. The molecule has 11 heavy (non-hydrogen) atoms. The maximum atomic E-state index is 3.71. The van der Waals surface area contributed by atoms with Gasteiger partial charge in [-0.25, -0.2) is 0 Å². The zero-order chi connectivity index (χ0) is 7.68. The second-order valence-electron chi connectivity index (χ2n) is 3.15. The summed E-state index contributed by atoms with van der Waals surface area (Å²) in [5, 5.41) is 0. The topological polar surface area (TPSA) is 0 Å². The fraction of sp³-hybridized carbons (Fsp3) is 0.400. The van der Waals surface area contributed by atoms with E-state index in [0.29, 0.717) is 4.83 Å². The molecule has 1 aliphatic rings. The molecule has 1 saturated carbocycles. The maximum Gasteiger partial charge on any atom is 0.0423 e. The zero-order valence-corrected chi connectivity index (χ0v) is 7.92. The van der Waals surface area contributed by atoms with Gasteiger partial charge < -0.3 is 0 Å². The quantitative estimate of drug-likeness (QED) is 0.656. The number of benzene rings is 1. The van der Waals surface area contributed by atoms with Crippen LogP contribution in [0.1, 0.15) is 23.2 Å². The van der Waals surface area contributed by atoms with Gasteiger partial charge in [-0.05, 0) is 24.3 Å². The molecule has 1 unspecified atom stereocenters. The summed E-state index contributed by atoms with van der Waals surface area (Å²) in [6.07, 6.45) is 2.79. The highest BCUT2D eigenvalue weighted by Crippen LogP contribution is 2.45. The maximum absolute atomic E-state index is 3.71. The average molecular weight is 211 g/mol. The average Bonchev–Trinajstić information content (AvgIpc) is 2.87. The molecule has 0 spiro atoms. The van der Waals surface area contributed by atoms with Gasteiger partial charge in [-0.15, -0.1) is 0 Å². The molecular weight excluding hydrogens is 200 g/mol. The summed E-state index contributed by atoms with van der Waals surface area (Å²) >= 11 is 3.71. The van der Waals surface area contributed by atoms with Crippen LogP contribution in [0.3, 0.4) is 0 Å². The third-order valence-corrected chi connectivity index (χ3v) is 3.43. The highest BCUT2D eigenvalue weighted by atomic mass is 79.9. The molecular formula is C10H11Br. The van der Waals surface area contributed by atoms with Crippen LogP contribution in [0.5, 0.6) is 0 Å². The highest BCUT2D eigenvalue weighted by Gasteiger charge is 2.29. The summed E-state index contributed by atoms with van der Waals surface area (Å²) in [4.78, 5) is 0.601. The summed E-state index contributed by atoms with van der Waals surface area (Å²) in [7, 11) is 0. The van der Waals surface area contributed by atoms with Crippen molar-refractivity contribution in [3.8, 4) is 0 Å². The van der Waals surface area contributed by atoms with E-state index in [0.717, 1.165) is 5.92 Å². The van der Waals surface area contributed by atoms with Crippen molar-refractivity contribution in [3.05, 3.63) is 35.9 Å². The fourth-order valence-electron chi connectivity index (χ4n) is 1.30. The van der Waals surface area contributed by atoms with Crippen LogP contribution in [0, 0.1) is 5.92 Å².